The molecular weight excluding hydrogens is 413 g/mol. The molecule has 2 N–H and O–H groups in total. The van der Waals surface area contributed by atoms with Crippen LogP contribution in [0.4, 0.5) is 19.0 Å². The van der Waals surface area contributed by atoms with Gasteiger partial charge in [0.1, 0.15) is 5.82 Å². The van der Waals surface area contributed by atoms with Gasteiger partial charge in [0.15, 0.2) is 6.61 Å². The summed E-state index contributed by atoms with van der Waals surface area (Å²) in [7, 11) is 0. The number of ether oxygens (including phenoxy) is 1. The van der Waals surface area contributed by atoms with Crippen LogP contribution in [0, 0.1) is 12.8 Å². The summed E-state index contributed by atoms with van der Waals surface area (Å²) in [6, 6.07) is 5.49. The number of carbonyl (C=O) groups excluding carboxylic acids is 2. The number of nitrogens with zero attached hydrogens (tertiary/aromatic N) is 2. The van der Waals surface area contributed by atoms with Gasteiger partial charge in [-0.15, -0.1) is 0 Å². The zero-order valence-corrected chi connectivity index (χ0v) is 17.1. The van der Waals surface area contributed by atoms with E-state index in [1.165, 1.54) is 24.4 Å². The fraction of sp³-hybridized carbons (Fsp3) is 0.429. The maximum Gasteiger partial charge on any atom is 0.422 e. The summed E-state index contributed by atoms with van der Waals surface area (Å²) < 4.78 is 41.2. The lowest BCUT2D eigenvalue weighted by atomic mass is 10.1. The number of carbonyl (C=O) groups is 2. The second-order valence-electron chi connectivity index (χ2n) is 7.61. The van der Waals surface area contributed by atoms with Gasteiger partial charge in [0.05, 0.1) is 6.04 Å². The molecule has 2 aromatic heterocycles. The summed E-state index contributed by atoms with van der Waals surface area (Å²) in [4.78, 5) is 32.8. The van der Waals surface area contributed by atoms with E-state index >= 15 is 0 Å². The van der Waals surface area contributed by atoms with Crippen LogP contribution in [0.5, 0.6) is 5.88 Å². The third kappa shape index (κ3) is 7.23. The van der Waals surface area contributed by atoms with Crippen molar-refractivity contribution in [2.75, 3.05) is 11.9 Å². The Hall–Kier alpha value is -3.17. The molecule has 1 atom stereocenters. The fourth-order valence-electron chi connectivity index (χ4n) is 2.89. The van der Waals surface area contributed by atoms with Gasteiger partial charge in [-0.25, -0.2) is 9.97 Å². The topological polar surface area (TPSA) is 93.2 Å². The Morgan fingerprint density at radius 1 is 1.26 bits per heavy atom. The van der Waals surface area contributed by atoms with Crippen LogP contribution in [0.1, 0.15) is 53.8 Å². The molecule has 0 bridgehead atoms. The summed E-state index contributed by atoms with van der Waals surface area (Å²) in [6.45, 7) is 2.02. The predicted octanol–water partition coefficient (Wildman–Crippen LogP) is 3.96. The Labute approximate surface area is 177 Å². The van der Waals surface area contributed by atoms with Gasteiger partial charge in [-0.2, -0.15) is 13.2 Å². The monoisotopic (exact) mass is 436 g/mol. The van der Waals surface area contributed by atoms with Crippen molar-refractivity contribution in [2.45, 2.75) is 45.3 Å². The molecule has 3 rings (SSSR count). The maximum atomic E-state index is 12.7. The first-order chi connectivity index (χ1) is 14.6. The molecule has 0 radical (unpaired) electrons. The van der Waals surface area contributed by atoms with Gasteiger partial charge in [0, 0.05) is 29.9 Å². The van der Waals surface area contributed by atoms with Crippen molar-refractivity contribution in [3.8, 4) is 5.88 Å². The number of aryl methyl sites for hydroxylation is 1. The SMILES string of the molecule is Cc1cc(C(=O)NC(C)c2ccc(OCC(F)(F)F)nc2)cc(NC(=O)CC2CC2)n1. The fourth-order valence-corrected chi connectivity index (χ4v) is 2.89. The Morgan fingerprint density at radius 2 is 2.00 bits per heavy atom. The molecule has 1 unspecified atom stereocenters. The molecule has 7 nitrogen and oxygen atoms in total. The lowest BCUT2D eigenvalue weighted by Crippen LogP contribution is -2.27. The molecule has 1 fully saturated rings. The van der Waals surface area contributed by atoms with Gasteiger partial charge < -0.3 is 15.4 Å². The quantitative estimate of drug-likeness (QED) is 0.654. The molecule has 0 spiro atoms. The Balaban J connectivity index is 1.60. The molecule has 10 heteroatoms. The maximum absolute atomic E-state index is 12.7. The van der Waals surface area contributed by atoms with E-state index in [4.69, 9.17) is 0 Å². The molecule has 166 valence electrons. The molecule has 1 aliphatic rings. The standard InChI is InChI=1S/C21H23F3N4O3/c1-12-7-16(9-17(26-12)28-18(29)8-14-3-4-14)20(30)27-13(2)15-5-6-19(25-10-15)31-11-21(22,23)24/h5-7,9-10,13-14H,3-4,8,11H2,1-2H3,(H,27,30)(H,26,28,29). The summed E-state index contributed by atoms with van der Waals surface area (Å²) in [6.07, 6.45) is -0.530. The molecule has 2 amide bonds. The normalized spacial score (nSPS) is 14.6. The van der Waals surface area contributed by atoms with Gasteiger partial charge >= 0.3 is 6.18 Å². The highest BCUT2D eigenvalue weighted by molar-refractivity contribution is 5.97. The zero-order chi connectivity index (χ0) is 22.6. The number of halogens is 3. The van der Waals surface area contributed by atoms with E-state index in [9.17, 15) is 22.8 Å². The van der Waals surface area contributed by atoms with E-state index in [1.54, 1.807) is 19.9 Å². The van der Waals surface area contributed by atoms with Gasteiger partial charge in [-0.05, 0) is 50.3 Å². The van der Waals surface area contributed by atoms with Crippen molar-refractivity contribution in [1.82, 2.24) is 15.3 Å². The molecule has 31 heavy (non-hydrogen) atoms. The minimum atomic E-state index is -4.44. The molecular formula is C21H23F3N4O3. The van der Waals surface area contributed by atoms with Gasteiger partial charge in [-0.3, -0.25) is 9.59 Å². The van der Waals surface area contributed by atoms with Gasteiger partial charge in [0.2, 0.25) is 11.8 Å². The first-order valence-electron chi connectivity index (χ1n) is 9.84. The van der Waals surface area contributed by atoms with Crippen molar-refractivity contribution in [3.05, 3.63) is 47.3 Å². The molecule has 0 aromatic carbocycles. The first kappa shape index (κ1) is 22.5. The smallest absolute Gasteiger partial charge is 0.422 e. The number of anilines is 1. The van der Waals surface area contributed by atoms with Crippen molar-refractivity contribution < 1.29 is 27.5 Å². The number of alkyl halides is 3. The average molecular weight is 436 g/mol. The van der Waals surface area contributed by atoms with Crippen LogP contribution in [0.15, 0.2) is 30.5 Å². The molecule has 1 aliphatic carbocycles. The van der Waals surface area contributed by atoms with Crippen molar-refractivity contribution in [1.29, 1.82) is 0 Å². The second-order valence-corrected chi connectivity index (χ2v) is 7.61. The Kier molecular flexibility index (Phi) is 6.77. The van der Waals surface area contributed by atoms with Crippen molar-refractivity contribution in [3.63, 3.8) is 0 Å². The van der Waals surface area contributed by atoms with Crippen LogP contribution < -0.4 is 15.4 Å². The van der Waals surface area contributed by atoms with E-state index in [2.05, 4.69) is 25.3 Å². The number of pyridine rings is 2. The number of aromatic nitrogens is 2. The van der Waals surface area contributed by atoms with Gasteiger partial charge in [0.25, 0.3) is 5.91 Å². The summed E-state index contributed by atoms with van der Waals surface area (Å²) in [5.74, 6) is 0.0897. The van der Waals surface area contributed by atoms with Crippen molar-refractivity contribution in [2.24, 2.45) is 5.92 Å². The number of rotatable bonds is 8. The molecule has 2 aromatic rings. The third-order valence-corrected chi connectivity index (χ3v) is 4.64. The predicted molar refractivity (Wildman–Crippen MR) is 107 cm³/mol. The van der Waals surface area contributed by atoms with E-state index in [0.717, 1.165) is 12.8 Å². The van der Waals surface area contributed by atoms with Crippen LogP contribution in [0.25, 0.3) is 0 Å². The van der Waals surface area contributed by atoms with E-state index in [-0.39, 0.29) is 17.7 Å². The lowest BCUT2D eigenvalue weighted by molar-refractivity contribution is -0.154. The Bertz CT molecular complexity index is 944. The lowest BCUT2D eigenvalue weighted by Gasteiger charge is -2.15. The number of hydrogen-bond donors (Lipinski definition) is 2. The highest BCUT2D eigenvalue weighted by Gasteiger charge is 2.28. The van der Waals surface area contributed by atoms with Crippen LogP contribution in [0.2, 0.25) is 0 Å². The number of nitrogens with one attached hydrogen (secondary N) is 2. The highest BCUT2D eigenvalue weighted by Crippen LogP contribution is 2.32. The highest BCUT2D eigenvalue weighted by atomic mass is 19.4. The van der Waals surface area contributed by atoms with Crippen LogP contribution in [-0.2, 0) is 4.79 Å². The minimum Gasteiger partial charge on any atom is -0.468 e. The Morgan fingerprint density at radius 3 is 2.61 bits per heavy atom. The zero-order valence-electron chi connectivity index (χ0n) is 17.1. The molecule has 1 saturated carbocycles. The largest absolute Gasteiger partial charge is 0.468 e. The third-order valence-electron chi connectivity index (χ3n) is 4.64. The van der Waals surface area contributed by atoms with Crippen LogP contribution in [-0.4, -0.2) is 34.6 Å². The van der Waals surface area contributed by atoms with Crippen molar-refractivity contribution >= 4 is 17.6 Å². The molecule has 0 aliphatic heterocycles. The van der Waals surface area contributed by atoms with E-state index < -0.39 is 18.8 Å². The second kappa shape index (κ2) is 9.32. The average Bonchev–Trinajstić information content (AvgIpc) is 3.49. The minimum absolute atomic E-state index is 0.126. The number of amides is 2. The van der Waals surface area contributed by atoms with E-state index in [0.29, 0.717) is 35.0 Å². The first-order valence-corrected chi connectivity index (χ1v) is 9.84. The van der Waals surface area contributed by atoms with Crippen LogP contribution in [0.3, 0.4) is 0 Å². The van der Waals surface area contributed by atoms with Crippen LogP contribution >= 0.6 is 0 Å². The van der Waals surface area contributed by atoms with E-state index in [1.807, 2.05) is 0 Å². The summed E-state index contributed by atoms with van der Waals surface area (Å²) in [5.41, 5.74) is 1.51. The number of hydrogen-bond acceptors (Lipinski definition) is 5. The molecule has 2 heterocycles. The summed E-state index contributed by atoms with van der Waals surface area (Å²) >= 11 is 0. The molecule has 0 saturated heterocycles. The summed E-state index contributed by atoms with van der Waals surface area (Å²) in [5, 5.41) is 5.53. The van der Waals surface area contributed by atoms with Gasteiger partial charge in [-0.1, -0.05) is 6.07 Å².